The van der Waals surface area contributed by atoms with Gasteiger partial charge in [-0.1, -0.05) is 13.8 Å². The molecule has 0 bridgehead atoms. The maximum absolute atomic E-state index is 9.12. The van der Waals surface area contributed by atoms with Gasteiger partial charge < -0.3 is 10.4 Å². The number of rotatable bonds is 6. The number of aromatic nitrogens is 2. The number of aliphatic hydroxyl groups is 1. The third-order valence-electron chi connectivity index (χ3n) is 2.12. The Bertz CT molecular complexity index is 234. The number of nitrogens with one attached hydrogen (secondary N) is 2. The topological polar surface area (TPSA) is 60.9 Å². The lowest BCUT2D eigenvalue weighted by Crippen LogP contribution is -2.33. The van der Waals surface area contributed by atoms with E-state index >= 15 is 0 Å². The first kappa shape index (κ1) is 11.2. The molecule has 0 aliphatic carbocycles. The second-order valence-electron chi connectivity index (χ2n) is 3.97. The van der Waals surface area contributed by atoms with E-state index in [0.717, 1.165) is 18.7 Å². The zero-order chi connectivity index (χ0) is 10.4. The lowest BCUT2D eigenvalue weighted by atomic mass is 10.0. The van der Waals surface area contributed by atoms with Gasteiger partial charge in [-0.05, 0) is 18.4 Å². The summed E-state index contributed by atoms with van der Waals surface area (Å²) in [6, 6.07) is 2.11. The third kappa shape index (κ3) is 3.89. The summed E-state index contributed by atoms with van der Waals surface area (Å²) in [6.07, 6.45) is 2.72. The van der Waals surface area contributed by atoms with E-state index < -0.39 is 0 Å². The zero-order valence-corrected chi connectivity index (χ0v) is 8.83. The van der Waals surface area contributed by atoms with E-state index in [1.165, 1.54) is 0 Å². The molecule has 1 rings (SSSR count). The molecule has 1 heterocycles. The molecule has 80 valence electrons. The second kappa shape index (κ2) is 5.78. The molecule has 1 unspecified atom stereocenters. The lowest BCUT2D eigenvalue weighted by molar-refractivity contribution is 0.223. The molecule has 4 nitrogen and oxygen atoms in total. The number of hydrogen-bond donors (Lipinski definition) is 3. The molecule has 0 amide bonds. The van der Waals surface area contributed by atoms with Crippen LogP contribution in [-0.2, 0) is 6.54 Å². The Balaban J connectivity index is 2.27. The summed E-state index contributed by atoms with van der Waals surface area (Å²) < 4.78 is 0. The Kier molecular flexibility index (Phi) is 4.62. The largest absolute Gasteiger partial charge is 0.395 e. The van der Waals surface area contributed by atoms with Crippen LogP contribution in [0.2, 0.25) is 0 Å². The highest BCUT2D eigenvalue weighted by atomic mass is 16.3. The highest BCUT2D eigenvalue weighted by molar-refractivity contribution is 4.96. The van der Waals surface area contributed by atoms with Crippen molar-refractivity contribution < 1.29 is 5.11 Å². The van der Waals surface area contributed by atoms with Crippen molar-refractivity contribution in [3.63, 3.8) is 0 Å². The maximum atomic E-state index is 9.12. The number of nitrogens with zero attached hydrogens (tertiary/aromatic N) is 1. The van der Waals surface area contributed by atoms with Crippen LogP contribution in [-0.4, -0.2) is 28.0 Å². The first-order valence-corrected chi connectivity index (χ1v) is 5.05. The van der Waals surface area contributed by atoms with Crippen molar-refractivity contribution in [3.8, 4) is 0 Å². The first-order valence-electron chi connectivity index (χ1n) is 5.05. The molecule has 0 radical (unpaired) electrons. The van der Waals surface area contributed by atoms with Gasteiger partial charge in [0.1, 0.15) is 0 Å². The standard InChI is InChI=1S/C10H19N3O/c1-8(2)5-10(7-14)11-6-9-3-4-12-13-9/h3-4,8,10-11,14H,5-7H2,1-2H3,(H,12,13). The summed E-state index contributed by atoms with van der Waals surface area (Å²) >= 11 is 0. The van der Waals surface area contributed by atoms with E-state index in [0.29, 0.717) is 5.92 Å². The van der Waals surface area contributed by atoms with Crippen molar-refractivity contribution >= 4 is 0 Å². The molecule has 1 aromatic rings. The predicted octanol–water partition coefficient (Wildman–Crippen LogP) is 0.906. The number of aliphatic hydroxyl groups excluding tert-OH is 1. The summed E-state index contributed by atoms with van der Waals surface area (Å²) in [5.74, 6) is 0.599. The van der Waals surface area contributed by atoms with E-state index in [9.17, 15) is 0 Å². The van der Waals surface area contributed by atoms with Crippen molar-refractivity contribution in [1.29, 1.82) is 0 Å². The molecule has 3 N–H and O–H groups in total. The SMILES string of the molecule is CC(C)CC(CO)NCc1ccn[nH]1. The van der Waals surface area contributed by atoms with Crippen LogP contribution in [0.5, 0.6) is 0 Å². The molecule has 1 aromatic heterocycles. The van der Waals surface area contributed by atoms with Crippen molar-refractivity contribution in [1.82, 2.24) is 15.5 Å². The van der Waals surface area contributed by atoms with Crippen LogP contribution in [0.15, 0.2) is 12.3 Å². The van der Waals surface area contributed by atoms with Gasteiger partial charge in [0.15, 0.2) is 0 Å². The van der Waals surface area contributed by atoms with Crippen LogP contribution in [0.25, 0.3) is 0 Å². The average Bonchev–Trinajstić information content (AvgIpc) is 2.64. The van der Waals surface area contributed by atoms with Crippen LogP contribution in [0.1, 0.15) is 26.0 Å². The predicted molar refractivity (Wildman–Crippen MR) is 55.8 cm³/mol. The minimum absolute atomic E-state index is 0.179. The summed E-state index contributed by atoms with van der Waals surface area (Å²) in [5.41, 5.74) is 1.05. The number of H-pyrrole nitrogens is 1. The minimum Gasteiger partial charge on any atom is -0.395 e. The molecule has 0 spiro atoms. The van der Waals surface area contributed by atoms with Gasteiger partial charge >= 0.3 is 0 Å². The summed E-state index contributed by atoms with van der Waals surface area (Å²) in [5, 5.41) is 19.1. The van der Waals surface area contributed by atoms with E-state index in [-0.39, 0.29) is 12.6 Å². The molecule has 0 saturated heterocycles. The van der Waals surface area contributed by atoms with E-state index in [1.807, 2.05) is 6.07 Å². The Morgan fingerprint density at radius 2 is 2.36 bits per heavy atom. The van der Waals surface area contributed by atoms with E-state index in [4.69, 9.17) is 5.11 Å². The zero-order valence-electron chi connectivity index (χ0n) is 8.83. The van der Waals surface area contributed by atoms with Gasteiger partial charge in [-0.15, -0.1) is 0 Å². The summed E-state index contributed by atoms with van der Waals surface area (Å²) in [7, 11) is 0. The molecule has 1 atom stereocenters. The Hall–Kier alpha value is -0.870. The fourth-order valence-electron chi connectivity index (χ4n) is 1.43. The summed E-state index contributed by atoms with van der Waals surface area (Å²) in [6.45, 7) is 5.23. The molecule has 14 heavy (non-hydrogen) atoms. The van der Waals surface area contributed by atoms with E-state index in [1.54, 1.807) is 6.20 Å². The van der Waals surface area contributed by atoms with Crippen LogP contribution in [0.3, 0.4) is 0 Å². The van der Waals surface area contributed by atoms with Gasteiger partial charge in [0.25, 0.3) is 0 Å². The molecular weight excluding hydrogens is 178 g/mol. The van der Waals surface area contributed by atoms with Gasteiger partial charge in [0.2, 0.25) is 0 Å². The Morgan fingerprint density at radius 1 is 1.57 bits per heavy atom. The van der Waals surface area contributed by atoms with Gasteiger partial charge in [-0.2, -0.15) is 5.10 Å². The fourth-order valence-corrected chi connectivity index (χ4v) is 1.43. The van der Waals surface area contributed by atoms with Crippen LogP contribution >= 0.6 is 0 Å². The van der Waals surface area contributed by atoms with Crippen LogP contribution in [0.4, 0.5) is 0 Å². The van der Waals surface area contributed by atoms with Crippen molar-refractivity contribution in [2.75, 3.05) is 6.61 Å². The first-order chi connectivity index (χ1) is 6.72. The molecule has 4 heteroatoms. The monoisotopic (exact) mass is 197 g/mol. The lowest BCUT2D eigenvalue weighted by Gasteiger charge is -2.17. The van der Waals surface area contributed by atoms with E-state index in [2.05, 4.69) is 29.4 Å². The Morgan fingerprint density at radius 3 is 2.86 bits per heavy atom. The molecule has 0 aliphatic rings. The highest BCUT2D eigenvalue weighted by Crippen LogP contribution is 2.04. The molecule has 0 saturated carbocycles. The maximum Gasteiger partial charge on any atom is 0.0584 e. The normalized spacial score (nSPS) is 13.4. The second-order valence-corrected chi connectivity index (χ2v) is 3.97. The third-order valence-corrected chi connectivity index (χ3v) is 2.12. The molecule has 0 fully saturated rings. The van der Waals surface area contributed by atoms with Crippen molar-refractivity contribution in [2.45, 2.75) is 32.9 Å². The van der Waals surface area contributed by atoms with Gasteiger partial charge in [-0.3, -0.25) is 5.10 Å². The highest BCUT2D eigenvalue weighted by Gasteiger charge is 2.08. The molecule has 0 aliphatic heterocycles. The van der Waals surface area contributed by atoms with Crippen LogP contribution in [0, 0.1) is 5.92 Å². The molecular formula is C10H19N3O. The smallest absolute Gasteiger partial charge is 0.0584 e. The fraction of sp³-hybridized carbons (Fsp3) is 0.700. The van der Waals surface area contributed by atoms with Gasteiger partial charge in [0, 0.05) is 24.5 Å². The van der Waals surface area contributed by atoms with Crippen molar-refractivity contribution in [3.05, 3.63) is 18.0 Å². The van der Waals surface area contributed by atoms with Crippen LogP contribution < -0.4 is 5.32 Å². The van der Waals surface area contributed by atoms with Crippen molar-refractivity contribution in [2.24, 2.45) is 5.92 Å². The number of hydrogen-bond acceptors (Lipinski definition) is 3. The quantitative estimate of drug-likeness (QED) is 0.635. The number of aromatic amines is 1. The summed E-state index contributed by atoms with van der Waals surface area (Å²) in [4.78, 5) is 0. The Labute approximate surface area is 84.7 Å². The van der Waals surface area contributed by atoms with Gasteiger partial charge in [0.05, 0.1) is 6.61 Å². The average molecular weight is 197 g/mol. The molecule has 0 aromatic carbocycles. The minimum atomic E-state index is 0.179. The van der Waals surface area contributed by atoms with Gasteiger partial charge in [-0.25, -0.2) is 0 Å².